The third kappa shape index (κ3) is 5.07. The molecule has 2 bridgehead atoms. The van der Waals surface area contributed by atoms with E-state index < -0.39 is 0 Å². The van der Waals surface area contributed by atoms with Gasteiger partial charge in [0, 0.05) is 12.1 Å². The van der Waals surface area contributed by atoms with Crippen molar-refractivity contribution in [2.75, 3.05) is 19.6 Å². The van der Waals surface area contributed by atoms with Gasteiger partial charge in [-0.05, 0) is 70.5 Å². The molecule has 112 valence electrons. The lowest BCUT2D eigenvalue weighted by molar-refractivity contribution is 0.214. The zero-order valence-corrected chi connectivity index (χ0v) is 13.2. The number of unbranched alkanes of at least 4 members (excludes halogenated alkanes) is 2. The summed E-state index contributed by atoms with van der Waals surface area (Å²) in [5.74, 6) is 1.00. The lowest BCUT2D eigenvalue weighted by atomic mass is 9.89. The Morgan fingerprint density at radius 1 is 0.895 bits per heavy atom. The normalized spacial score (nSPS) is 30.2. The monoisotopic (exact) mass is 266 g/mol. The van der Waals surface area contributed by atoms with E-state index in [1.807, 2.05) is 0 Å². The first-order chi connectivity index (χ1) is 9.31. The summed E-state index contributed by atoms with van der Waals surface area (Å²) in [7, 11) is 0. The van der Waals surface area contributed by atoms with Crippen LogP contribution in [0.1, 0.15) is 71.6 Å². The summed E-state index contributed by atoms with van der Waals surface area (Å²) < 4.78 is 0. The van der Waals surface area contributed by atoms with Crippen LogP contribution in [0.2, 0.25) is 0 Å². The van der Waals surface area contributed by atoms with Gasteiger partial charge in [0.25, 0.3) is 0 Å². The minimum absolute atomic E-state index is 0.864. The van der Waals surface area contributed by atoms with Crippen LogP contribution in [0.25, 0.3) is 0 Å². The molecule has 0 spiro atoms. The number of hydrogen-bond acceptors (Lipinski definition) is 2. The molecule has 0 saturated carbocycles. The van der Waals surface area contributed by atoms with Gasteiger partial charge in [-0.15, -0.1) is 0 Å². The Hall–Kier alpha value is -0.0800. The van der Waals surface area contributed by atoms with E-state index in [4.69, 9.17) is 0 Å². The van der Waals surface area contributed by atoms with Crippen LogP contribution >= 0.6 is 0 Å². The molecule has 2 unspecified atom stereocenters. The second-order valence-electron chi connectivity index (χ2n) is 6.81. The van der Waals surface area contributed by atoms with Gasteiger partial charge in [-0.1, -0.05) is 26.7 Å². The predicted octanol–water partition coefficient (Wildman–Crippen LogP) is 3.81. The van der Waals surface area contributed by atoms with Crippen molar-refractivity contribution in [1.29, 1.82) is 0 Å². The van der Waals surface area contributed by atoms with Crippen molar-refractivity contribution in [1.82, 2.24) is 10.2 Å². The lowest BCUT2D eigenvalue weighted by Gasteiger charge is -2.31. The summed E-state index contributed by atoms with van der Waals surface area (Å²) in [5, 5.41) is 3.76. The van der Waals surface area contributed by atoms with Crippen molar-refractivity contribution in [3.8, 4) is 0 Å². The highest BCUT2D eigenvalue weighted by Gasteiger charge is 2.33. The first kappa shape index (κ1) is 15.3. The zero-order chi connectivity index (χ0) is 13.5. The van der Waals surface area contributed by atoms with Gasteiger partial charge in [-0.3, -0.25) is 0 Å². The van der Waals surface area contributed by atoms with Crippen LogP contribution in [-0.4, -0.2) is 36.6 Å². The van der Waals surface area contributed by atoms with Crippen LogP contribution in [0.4, 0.5) is 0 Å². The molecule has 0 amide bonds. The molecule has 0 aromatic rings. The minimum Gasteiger partial charge on any atom is -0.311 e. The molecular weight excluding hydrogens is 232 g/mol. The molecule has 2 fully saturated rings. The summed E-state index contributed by atoms with van der Waals surface area (Å²) in [4.78, 5) is 2.73. The number of nitrogens with zero attached hydrogens (tertiary/aromatic N) is 1. The highest BCUT2D eigenvalue weighted by Crippen LogP contribution is 2.32. The van der Waals surface area contributed by atoms with Crippen molar-refractivity contribution < 1.29 is 0 Å². The van der Waals surface area contributed by atoms with Crippen LogP contribution in [0.5, 0.6) is 0 Å². The molecule has 1 N–H and O–H groups in total. The molecule has 0 radical (unpaired) electrons. The van der Waals surface area contributed by atoms with E-state index in [9.17, 15) is 0 Å². The Bertz CT molecular complexity index is 221. The topological polar surface area (TPSA) is 15.3 Å². The Balaban J connectivity index is 1.68. The Kier molecular flexibility index (Phi) is 6.66. The fourth-order valence-corrected chi connectivity index (χ4v) is 3.87. The first-order valence-corrected chi connectivity index (χ1v) is 8.80. The molecule has 2 atom stereocenters. The van der Waals surface area contributed by atoms with Gasteiger partial charge >= 0.3 is 0 Å². The van der Waals surface area contributed by atoms with Crippen molar-refractivity contribution in [3.63, 3.8) is 0 Å². The quantitative estimate of drug-likeness (QED) is 0.683. The molecule has 2 rings (SSSR count). The minimum atomic E-state index is 0.864. The van der Waals surface area contributed by atoms with E-state index in [1.54, 1.807) is 0 Å². The molecule has 2 aliphatic heterocycles. The van der Waals surface area contributed by atoms with Crippen molar-refractivity contribution in [3.05, 3.63) is 0 Å². The second kappa shape index (κ2) is 8.26. The number of nitrogens with one attached hydrogen (secondary N) is 1. The number of rotatable bonds is 9. The first-order valence-electron chi connectivity index (χ1n) is 8.80. The maximum absolute atomic E-state index is 3.76. The Morgan fingerprint density at radius 2 is 1.47 bits per heavy atom. The fourth-order valence-electron chi connectivity index (χ4n) is 3.87. The SMILES string of the molecule is CCCCN(CCCC)CCC1CC2CCC(C1)N2. The maximum atomic E-state index is 3.76. The highest BCUT2D eigenvalue weighted by molar-refractivity contribution is 4.92. The summed E-state index contributed by atoms with van der Waals surface area (Å²) in [6.07, 6.45) is 12.6. The van der Waals surface area contributed by atoms with E-state index in [0.29, 0.717) is 0 Å². The summed E-state index contributed by atoms with van der Waals surface area (Å²) in [6.45, 7) is 8.62. The molecule has 19 heavy (non-hydrogen) atoms. The Morgan fingerprint density at radius 3 is 2.00 bits per heavy atom. The molecular formula is C17H34N2. The Labute approximate surface area is 120 Å². The third-order valence-corrected chi connectivity index (χ3v) is 5.08. The smallest absolute Gasteiger partial charge is 0.00728 e. The third-order valence-electron chi connectivity index (χ3n) is 5.08. The maximum Gasteiger partial charge on any atom is 0.00728 e. The molecule has 2 saturated heterocycles. The van der Waals surface area contributed by atoms with Gasteiger partial charge in [0.2, 0.25) is 0 Å². The average Bonchev–Trinajstić information content (AvgIpc) is 2.77. The molecule has 2 nitrogen and oxygen atoms in total. The summed E-state index contributed by atoms with van der Waals surface area (Å²) in [6, 6.07) is 1.73. The van der Waals surface area contributed by atoms with Gasteiger partial charge in [-0.2, -0.15) is 0 Å². The highest BCUT2D eigenvalue weighted by atomic mass is 15.1. The lowest BCUT2D eigenvalue weighted by Crippen LogP contribution is -2.39. The van der Waals surface area contributed by atoms with Gasteiger partial charge in [-0.25, -0.2) is 0 Å². The van der Waals surface area contributed by atoms with Gasteiger partial charge in [0.15, 0.2) is 0 Å². The average molecular weight is 266 g/mol. The standard InChI is InChI=1S/C17H34N2/c1-3-5-10-19(11-6-4-2)12-9-15-13-16-7-8-17(14-15)18-16/h15-18H,3-14H2,1-2H3. The summed E-state index contributed by atoms with van der Waals surface area (Å²) in [5.41, 5.74) is 0. The molecule has 2 heteroatoms. The molecule has 0 aromatic heterocycles. The molecule has 2 heterocycles. The van der Waals surface area contributed by atoms with Crippen LogP contribution in [-0.2, 0) is 0 Å². The van der Waals surface area contributed by atoms with Crippen molar-refractivity contribution in [2.24, 2.45) is 5.92 Å². The number of piperidine rings is 1. The molecule has 0 aliphatic carbocycles. The van der Waals surface area contributed by atoms with Gasteiger partial charge in [0.05, 0.1) is 0 Å². The van der Waals surface area contributed by atoms with E-state index in [1.165, 1.54) is 77.4 Å². The van der Waals surface area contributed by atoms with Crippen molar-refractivity contribution in [2.45, 2.75) is 83.7 Å². The van der Waals surface area contributed by atoms with E-state index in [-0.39, 0.29) is 0 Å². The van der Waals surface area contributed by atoms with E-state index in [0.717, 1.165) is 18.0 Å². The number of hydrogen-bond donors (Lipinski definition) is 1. The van der Waals surface area contributed by atoms with Crippen molar-refractivity contribution >= 4 is 0 Å². The van der Waals surface area contributed by atoms with Gasteiger partial charge < -0.3 is 10.2 Å². The van der Waals surface area contributed by atoms with E-state index in [2.05, 4.69) is 24.1 Å². The zero-order valence-electron chi connectivity index (χ0n) is 13.2. The van der Waals surface area contributed by atoms with Gasteiger partial charge in [0.1, 0.15) is 0 Å². The van der Waals surface area contributed by atoms with Crippen LogP contribution in [0, 0.1) is 5.92 Å². The van der Waals surface area contributed by atoms with Crippen LogP contribution < -0.4 is 5.32 Å². The summed E-state index contributed by atoms with van der Waals surface area (Å²) >= 11 is 0. The number of fused-ring (bicyclic) bond motifs is 2. The fraction of sp³-hybridized carbons (Fsp3) is 1.00. The van der Waals surface area contributed by atoms with E-state index >= 15 is 0 Å². The molecule has 2 aliphatic rings. The predicted molar refractivity (Wildman–Crippen MR) is 83.5 cm³/mol. The molecule has 0 aromatic carbocycles. The van der Waals surface area contributed by atoms with Crippen LogP contribution in [0.3, 0.4) is 0 Å². The van der Waals surface area contributed by atoms with Crippen LogP contribution in [0.15, 0.2) is 0 Å². The second-order valence-corrected chi connectivity index (χ2v) is 6.81. The largest absolute Gasteiger partial charge is 0.311 e.